The highest BCUT2D eigenvalue weighted by Gasteiger charge is 2.15. The van der Waals surface area contributed by atoms with Gasteiger partial charge >= 0.3 is 0 Å². The lowest BCUT2D eigenvalue weighted by molar-refractivity contribution is -0.0442. The highest BCUT2D eigenvalue weighted by Crippen LogP contribution is 2.22. The lowest BCUT2D eigenvalue weighted by atomic mass is 10.2. The van der Waals surface area contributed by atoms with E-state index >= 15 is 0 Å². The van der Waals surface area contributed by atoms with Crippen LogP contribution < -0.4 is 0 Å². The number of rotatable bonds is 8. The summed E-state index contributed by atoms with van der Waals surface area (Å²) in [5.41, 5.74) is 2.39. The Labute approximate surface area is 168 Å². The van der Waals surface area contributed by atoms with Gasteiger partial charge in [-0.25, -0.2) is 0 Å². The monoisotopic (exact) mass is 404 g/mol. The van der Waals surface area contributed by atoms with Crippen molar-refractivity contribution in [2.45, 2.75) is 12.8 Å². The molecule has 2 aromatic rings. The van der Waals surface area contributed by atoms with Crippen LogP contribution in [-0.4, -0.2) is 44.1 Å². The lowest BCUT2D eigenvalue weighted by Crippen LogP contribution is -2.28. The van der Waals surface area contributed by atoms with Gasteiger partial charge in [-0.05, 0) is 44.4 Å². The molecule has 0 heterocycles. The van der Waals surface area contributed by atoms with Gasteiger partial charge in [0.05, 0.1) is 6.61 Å². The maximum absolute atomic E-state index is 6.09. The zero-order chi connectivity index (χ0) is 16.7. The molecule has 140 valence electrons. The van der Waals surface area contributed by atoms with Crippen molar-refractivity contribution in [3.63, 3.8) is 0 Å². The third-order valence-corrected chi connectivity index (χ3v) is 3.88. The molecule has 0 saturated heterocycles. The molecule has 0 fully saturated rings. The molecule has 2 aromatic carbocycles. The van der Waals surface area contributed by atoms with Gasteiger partial charge in [0.2, 0.25) is 0 Å². The highest BCUT2D eigenvalue weighted by atomic mass is 35.5. The fourth-order valence-corrected chi connectivity index (χ4v) is 2.70. The Bertz CT molecular complexity index is 596. The van der Waals surface area contributed by atoms with E-state index in [1.807, 2.05) is 44.4 Å². The molecule has 0 saturated carbocycles. The molecule has 2 rings (SSSR count). The van der Waals surface area contributed by atoms with Crippen LogP contribution in [0, 0.1) is 0 Å². The first-order valence-corrected chi connectivity index (χ1v) is 8.20. The van der Waals surface area contributed by atoms with Crippen LogP contribution in [-0.2, 0) is 11.3 Å². The van der Waals surface area contributed by atoms with E-state index in [0.29, 0.717) is 6.61 Å². The number of hydrogen-bond donors (Lipinski definition) is 0. The Morgan fingerprint density at radius 2 is 1.64 bits per heavy atom. The van der Waals surface area contributed by atoms with Crippen LogP contribution in [0.25, 0.3) is 0 Å². The fourth-order valence-electron chi connectivity index (χ4n) is 2.50. The summed E-state index contributed by atoms with van der Waals surface area (Å²) in [5.74, 6) is 0. The van der Waals surface area contributed by atoms with E-state index in [4.69, 9.17) is 16.3 Å². The summed E-state index contributed by atoms with van der Waals surface area (Å²) in [6.07, 6.45) is -0.0844. The number of likely N-dealkylation sites (N-methyl/N-ethyl adjacent to an activating group) is 1. The topological polar surface area (TPSA) is 15.7 Å². The highest BCUT2D eigenvalue weighted by molar-refractivity contribution is 6.30. The Morgan fingerprint density at radius 1 is 0.960 bits per heavy atom. The van der Waals surface area contributed by atoms with Gasteiger partial charge < -0.3 is 4.74 Å². The third kappa shape index (κ3) is 8.41. The summed E-state index contributed by atoms with van der Waals surface area (Å²) < 4.78 is 6.08. The SMILES string of the molecule is CN(CCOC(c1cccc(Cl)c1)N(C)C)Cc1ccccc1.Cl.Cl. The number of nitrogens with zero attached hydrogens (tertiary/aromatic N) is 2. The van der Waals surface area contributed by atoms with E-state index in [2.05, 4.69) is 41.1 Å². The molecular formula is C19H27Cl3N2O. The van der Waals surface area contributed by atoms with Gasteiger partial charge in [0, 0.05) is 18.1 Å². The second kappa shape index (κ2) is 12.5. The molecule has 1 atom stereocenters. The van der Waals surface area contributed by atoms with E-state index < -0.39 is 0 Å². The van der Waals surface area contributed by atoms with E-state index in [9.17, 15) is 0 Å². The number of ether oxygens (including phenoxy) is 1. The smallest absolute Gasteiger partial charge is 0.136 e. The van der Waals surface area contributed by atoms with Crippen molar-refractivity contribution in [1.29, 1.82) is 0 Å². The standard InChI is InChI=1S/C19H25ClN2O.2ClH/c1-21(2)19(17-10-7-11-18(20)14-17)23-13-12-22(3)15-16-8-5-4-6-9-16;;/h4-11,14,19H,12-13,15H2,1-3H3;2*1H. The molecule has 0 amide bonds. The Morgan fingerprint density at radius 3 is 2.24 bits per heavy atom. The molecule has 0 aromatic heterocycles. The second-order valence-corrected chi connectivity index (χ2v) is 6.40. The summed E-state index contributed by atoms with van der Waals surface area (Å²) in [7, 11) is 6.14. The quantitative estimate of drug-likeness (QED) is 0.581. The lowest BCUT2D eigenvalue weighted by Gasteiger charge is -2.26. The van der Waals surface area contributed by atoms with E-state index in [1.54, 1.807) is 0 Å². The Kier molecular flexibility index (Phi) is 12.1. The molecule has 0 aliphatic heterocycles. The van der Waals surface area contributed by atoms with Crippen LogP contribution in [0.3, 0.4) is 0 Å². The summed E-state index contributed by atoms with van der Waals surface area (Å²) >= 11 is 6.09. The third-order valence-electron chi connectivity index (χ3n) is 3.65. The molecule has 0 aliphatic rings. The summed E-state index contributed by atoms with van der Waals surface area (Å²) in [5, 5.41) is 0.735. The average molecular weight is 406 g/mol. The first-order valence-electron chi connectivity index (χ1n) is 7.82. The van der Waals surface area contributed by atoms with Gasteiger partial charge in [-0.15, -0.1) is 24.8 Å². The van der Waals surface area contributed by atoms with E-state index in [-0.39, 0.29) is 31.0 Å². The summed E-state index contributed by atoms with van der Waals surface area (Å²) in [6.45, 7) is 2.46. The maximum Gasteiger partial charge on any atom is 0.136 e. The number of hydrogen-bond acceptors (Lipinski definition) is 3. The second-order valence-electron chi connectivity index (χ2n) is 5.97. The van der Waals surface area contributed by atoms with Crippen molar-refractivity contribution in [3.05, 3.63) is 70.7 Å². The van der Waals surface area contributed by atoms with Crippen LogP contribution in [0.15, 0.2) is 54.6 Å². The van der Waals surface area contributed by atoms with Gasteiger partial charge in [-0.1, -0.05) is 54.1 Å². The van der Waals surface area contributed by atoms with Crippen molar-refractivity contribution in [2.24, 2.45) is 0 Å². The predicted octanol–water partition coefficient (Wildman–Crippen LogP) is 4.89. The van der Waals surface area contributed by atoms with E-state index in [0.717, 1.165) is 23.7 Å². The van der Waals surface area contributed by atoms with Crippen molar-refractivity contribution in [2.75, 3.05) is 34.3 Å². The predicted molar refractivity (Wildman–Crippen MR) is 111 cm³/mol. The van der Waals surface area contributed by atoms with Crippen molar-refractivity contribution < 1.29 is 4.74 Å². The number of halogens is 3. The minimum atomic E-state index is -0.0844. The molecule has 3 nitrogen and oxygen atoms in total. The van der Waals surface area contributed by atoms with Gasteiger partial charge in [0.1, 0.15) is 6.23 Å². The fraction of sp³-hybridized carbons (Fsp3) is 0.368. The number of benzene rings is 2. The van der Waals surface area contributed by atoms with Gasteiger partial charge in [-0.2, -0.15) is 0 Å². The maximum atomic E-state index is 6.09. The van der Waals surface area contributed by atoms with Crippen molar-refractivity contribution in [3.8, 4) is 0 Å². The molecule has 0 N–H and O–H groups in total. The molecule has 0 bridgehead atoms. The van der Waals surface area contributed by atoms with Crippen LogP contribution in [0.1, 0.15) is 17.4 Å². The van der Waals surface area contributed by atoms with E-state index in [1.165, 1.54) is 5.56 Å². The van der Waals surface area contributed by atoms with Crippen LogP contribution in [0.5, 0.6) is 0 Å². The zero-order valence-corrected chi connectivity index (χ0v) is 17.3. The van der Waals surface area contributed by atoms with Crippen molar-refractivity contribution in [1.82, 2.24) is 9.80 Å². The van der Waals surface area contributed by atoms with Crippen LogP contribution in [0.2, 0.25) is 5.02 Å². The summed E-state index contributed by atoms with van der Waals surface area (Å²) in [6, 6.07) is 18.3. The van der Waals surface area contributed by atoms with Gasteiger partial charge in [-0.3, -0.25) is 9.80 Å². The normalized spacial score (nSPS) is 11.8. The summed E-state index contributed by atoms with van der Waals surface area (Å²) in [4.78, 5) is 4.32. The van der Waals surface area contributed by atoms with Gasteiger partial charge in [0.25, 0.3) is 0 Å². The van der Waals surface area contributed by atoms with Gasteiger partial charge in [0.15, 0.2) is 0 Å². The first-order chi connectivity index (χ1) is 11.1. The molecule has 0 spiro atoms. The molecule has 6 heteroatoms. The molecule has 1 unspecified atom stereocenters. The Hall–Kier alpha value is -0.810. The van der Waals surface area contributed by atoms with Crippen LogP contribution in [0.4, 0.5) is 0 Å². The first kappa shape index (κ1) is 24.2. The molecule has 0 radical (unpaired) electrons. The minimum Gasteiger partial charge on any atom is -0.358 e. The molecular weight excluding hydrogens is 379 g/mol. The van der Waals surface area contributed by atoms with Crippen molar-refractivity contribution >= 4 is 36.4 Å². The largest absolute Gasteiger partial charge is 0.358 e. The molecule has 0 aliphatic carbocycles. The zero-order valence-electron chi connectivity index (χ0n) is 14.9. The minimum absolute atomic E-state index is 0. The van der Waals surface area contributed by atoms with Crippen LogP contribution >= 0.6 is 36.4 Å². The Balaban J connectivity index is 0.00000288. The average Bonchev–Trinajstić information content (AvgIpc) is 2.52. The molecule has 25 heavy (non-hydrogen) atoms.